The summed E-state index contributed by atoms with van der Waals surface area (Å²) in [6.07, 6.45) is 0. The van der Waals surface area contributed by atoms with Gasteiger partial charge in [-0.15, -0.1) is 0 Å². The molecule has 0 spiro atoms. The highest BCUT2D eigenvalue weighted by atomic mass is 32.2. The molecule has 0 aliphatic rings. The number of benzene rings is 3. The van der Waals surface area contributed by atoms with Crippen molar-refractivity contribution in [2.75, 3.05) is 6.54 Å². The molecule has 0 fully saturated rings. The predicted molar refractivity (Wildman–Crippen MR) is 118 cm³/mol. The summed E-state index contributed by atoms with van der Waals surface area (Å²) < 4.78 is 62.3. The van der Waals surface area contributed by atoms with Crippen LogP contribution in [0.5, 0.6) is 0 Å². The Morgan fingerprint density at radius 2 is 1.03 bits per heavy atom. The Morgan fingerprint density at radius 3 is 1.31 bits per heavy atom. The van der Waals surface area contributed by atoms with Crippen LogP contribution in [0.2, 0.25) is 0 Å². The Labute approximate surface area is 189 Å². The molecule has 3 aromatic rings. The van der Waals surface area contributed by atoms with Crippen molar-refractivity contribution in [1.29, 1.82) is 0 Å². The van der Waals surface area contributed by atoms with E-state index in [1.165, 1.54) is 29.8 Å². The standard InChI is InChI=1S/C8H12N2.2C7H8O3S/c9-6-8(10)7-4-2-1-3-5-7;2*1-6-2-4-7(5-3-6)11(8,9)10/h1-5,8H,6,9-10H2;2*2-5H,1H3,(H,8,9,10). The fourth-order valence-corrected chi connectivity index (χ4v) is 3.24. The highest BCUT2D eigenvalue weighted by Gasteiger charge is 2.06. The van der Waals surface area contributed by atoms with E-state index >= 15 is 0 Å². The van der Waals surface area contributed by atoms with Crippen molar-refractivity contribution in [3.05, 3.63) is 95.6 Å². The van der Waals surface area contributed by atoms with Gasteiger partial charge in [-0.1, -0.05) is 65.7 Å². The van der Waals surface area contributed by atoms with Crippen molar-refractivity contribution in [2.45, 2.75) is 29.7 Å². The highest BCUT2D eigenvalue weighted by molar-refractivity contribution is 7.86. The third-order valence-electron chi connectivity index (χ3n) is 4.24. The van der Waals surface area contributed by atoms with E-state index in [4.69, 9.17) is 0 Å². The van der Waals surface area contributed by atoms with Crippen LogP contribution >= 0.6 is 0 Å². The second kappa shape index (κ2) is 12.4. The molecule has 0 heterocycles. The van der Waals surface area contributed by atoms with E-state index in [1.54, 1.807) is 24.3 Å². The molecule has 174 valence electrons. The number of hydrogen-bond donors (Lipinski definition) is 2. The molecule has 3 rings (SSSR count). The zero-order valence-electron chi connectivity index (χ0n) is 18.0. The van der Waals surface area contributed by atoms with Gasteiger partial charge in [-0.05, 0) is 38.1 Å². The molecule has 0 aliphatic carbocycles. The first-order valence-electron chi connectivity index (χ1n) is 9.57. The molecule has 6 N–H and O–H groups in total. The highest BCUT2D eigenvalue weighted by Crippen LogP contribution is 2.09. The maximum Gasteiger partial charge on any atom is 0.159 e. The minimum Gasteiger partial charge on any atom is -0.744 e. The Bertz CT molecular complexity index is 1090. The Hall–Kier alpha value is -2.60. The van der Waals surface area contributed by atoms with Crippen LogP contribution in [0.1, 0.15) is 22.7 Å². The molecule has 1 unspecified atom stereocenters. The van der Waals surface area contributed by atoms with Crippen molar-refractivity contribution in [3.63, 3.8) is 0 Å². The van der Waals surface area contributed by atoms with Gasteiger partial charge in [0.15, 0.2) is 6.04 Å². The van der Waals surface area contributed by atoms with Gasteiger partial charge in [0.25, 0.3) is 0 Å². The molecule has 32 heavy (non-hydrogen) atoms. The summed E-state index contributed by atoms with van der Waals surface area (Å²) in [5.41, 5.74) is 10.9. The van der Waals surface area contributed by atoms with Crippen molar-refractivity contribution in [3.8, 4) is 0 Å². The average Bonchev–Trinajstić information content (AvgIpc) is 2.74. The van der Waals surface area contributed by atoms with E-state index in [1.807, 2.05) is 32.0 Å². The fraction of sp³-hybridized carbons (Fsp3) is 0.182. The molecule has 0 saturated carbocycles. The lowest BCUT2D eigenvalue weighted by Gasteiger charge is -2.05. The first-order valence-corrected chi connectivity index (χ1v) is 12.4. The minimum absolute atomic E-state index is 0.178. The molecule has 0 saturated heterocycles. The number of hydrogen-bond acceptors (Lipinski definition) is 6. The monoisotopic (exact) mass is 480 g/mol. The Morgan fingerprint density at radius 1 is 0.688 bits per heavy atom. The van der Waals surface area contributed by atoms with E-state index in [0.29, 0.717) is 6.04 Å². The van der Waals surface area contributed by atoms with Crippen LogP contribution in [0, 0.1) is 13.8 Å². The molecule has 0 aromatic heterocycles. The molecular formula is C22H28N2O6S2. The third-order valence-corrected chi connectivity index (χ3v) is 5.94. The summed E-state index contributed by atoms with van der Waals surface area (Å²) in [4.78, 5) is -0.355. The maximum absolute atomic E-state index is 10.4. The van der Waals surface area contributed by atoms with Gasteiger partial charge in [0.2, 0.25) is 0 Å². The second-order valence-corrected chi connectivity index (χ2v) is 9.69. The summed E-state index contributed by atoms with van der Waals surface area (Å²) in [6, 6.07) is 22.2. The first-order chi connectivity index (χ1) is 14.8. The summed E-state index contributed by atoms with van der Waals surface area (Å²) in [5, 5.41) is 0. The SMILES string of the molecule is Cc1ccc(S(=O)(=O)[O-])cc1.Cc1ccc(S(=O)(=O)[O-])cc1.[NH3+]CC([NH3+])c1ccccc1. The van der Waals surface area contributed by atoms with Gasteiger partial charge < -0.3 is 20.6 Å². The van der Waals surface area contributed by atoms with Crippen molar-refractivity contribution >= 4 is 20.2 Å². The zero-order chi connectivity index (χ0) is 24.4. The minimum atomic E-state index is -4.27. The molecule has 0 aliphatic heterocycles. The number of quaternary nitrogens is 2. The van der Waals surface area contributed by atoms with Gasteiger partial charge in [0.05, 0.1) is 9.79 Å². The topological polar surface area (TPSA) is 170 Å². The van der Waals surface area contributed by atoms with Crippen molar-refractivity contribution < 1.29 is 37.4 Å². The van der Waals surface area contributed by atoms with Crippen molar-refractivity contribution in [1.82, 2.24) is 0 Å². The predicted octanol–water partition coefficient (Wildman–Crippen LogP) is 1.01. The van der Waals surface area contributed by atoms with Gasteiger partial charge in [-0.25, -0.2) is 16.8 Å². The van der Waals surface area contributed by atoms with Crippen LogP contribution in [-0.4, -0.2) is 32.5 Å². The fourth-order valence-electron chi connectivity index (χ4n) is 2.30. The second-order valence-electron chi connectivity index (χ2n) is 6.93. The smallest absolute Gasteiger partial charge is 0.159 e. The van der Waals surface area contributed by atoms with Crippen LogP contribution < -0.4 is 11.5 Å². The molecule has 0 amide bonds. The summed E-state index contributed by atoms with van der Waals surface area (Å²) in [7, 11) is -8.54. The van der Waals surface area contributed by atoms with E-state index in [-0.39, 0.29) is 9.79 Å². The summed E-state index contributed by atoms with van der Waals surface area (Å²) in [5.74, 6) is 0. The third kappa shape index (κ3) is 10.1. The molecular weight excluding hydrogens is 452 g/mol. The lowest BCUT2D eigenvalue weighted by Crippen LogP contribution is -2.66. The van der Waals surface area contributed by atoms with Crippen LogP contribution in [0.15, 0.2) is 88.7 Å². The molecule has 1 atom stereocenters. The molecule has 8 nitrogen and oxygen atoms in total. The number of rotatable bonds is 4. The van der Waals surface area contributed by atoms with Gasteiger partial charge in [0.1, 0.15) is 26.8 Å². The number of aryl methyl sites for hydroxylation is 2. The Kier molecular flexibility index (Phi) is 10.7. The quantitative estimate of drug-likeness (QED) is 0.528. The molecule has 3 aromatic carbocycles. The molecule has 0 bridgehead atoms. The van der Waals surface area contributed by atoms with E-state index in [2.05, 4.69) is 23.6 Å². The molecule has 10 heteroatoms. The van der Waals surface area contributed by atoms with Crippen LogP contribution in [0.4, 0.5) is 0 Å². The van der Waals surface area contributed by atoms with Crippen LogP contribution in [0.25, 0.3) is 0 Å². The van der Waals surface area contributed by atoms with Gasteiger partial charge >= 0.3 is 0 Å². The molecule has 0 radical (unpaired) electrons. The average molecular weight is 481 g/mol. The normalized spacial score (nSPS) is 11.9. The zero-order valence-corrected chi connectivity index (χ0v) is 19.6. The Balaban J connectivity index is 0.000000240. The maximum atomic E-state index is 10.4. The largest absolute Gasteiger partial charge is 0.744 e. The van der Waals surface area contributed by atoms with Gasteiger partial charge in [-0.3, -0.25) is 0 Å². The van der Waals surface area contributed by atoms with Crippen LogP contribution in [-0.2, 0) is 20.2 Å². The van der Waals surface area contributed by atoms with Gasteiger partial charge in [0, 0.05) is 5.56 Å². The van der Waals surface area contributed by atoms with E-state index in [9.17, 15) is 25.9 Å². The van der Waals surface area contributed by atoms with E-state index in [0.717, 1.165) is 17.7 Å². The summed E-state index contributed by atoms with van der Waals surface area (Å²) in [6.45, 7) is 4.51. The van der Waals surface area contributed by atoms with E-state index < -0.39 is 20.2 Å². The van der Waals surface area contributed by atoms with Crippen LogP contribution in [0.3, 0.4) is 0 Å². The summed E-state index contributed by atoms with van der Waals surface area (Å²) >= 11 is 0. The van der Waals surface area contributed by atoms with Crippen molar-refractivity contribution in [2.24, 2.45) is 0 Å². The first kappa shape index (κ1) is 27.4. The van der Waals surface area contributed by atoms with Gasteiger partial charge in [-0.2, -0.15) is 0 Å². The lowest BCUT2D eigenvalue weighted by molar-refractivity contribution is -0.499. The lowest BCUT2D eigenvalue weighted by atomic mass is 10.1.